The fourth-order valence-electron chi connectivity index (χ4n) is 1.99. The molecular formula is C12H16FN3O. The van der Waals surface area contributed by atoms with Crippen molar-refractivity contribution in [3.8, 4) is 0 Å². The number of guanidine groups is 1. The van der Waals surface area contributed by atoms with Crippen LogP contribution in [-0.2, 0) is 4.74 Å². The van der Waals surface area contributed by atoms with Crippen LogP contribution in [0.4, 0.5) is 4.39 Å². The van der Waals surface area contributed by atoms with Gasteiger partial charge in [-0.25, -0.2) is 4.39 Å². The summed E-state index contributed by atoms with van der Waals surface area (Å²) in [6, 6.07) is 6.57. The summed E-state index contributed by atoms with van der Waals surface area (Å²) in [5, 5.41) is 0. The van der Waals surface area contributed by atoms with E-state index >= 15 is 0 Å². The Balaban J connectivity index is 2.15. The van der Waals surface area contributed by atoms with Gasteiger partial charge in [-0.3, -0.25) is 4.99 Å². The Morgan fingerprint density at radius 1 is 1.59 bits per heavy atom. The van der Waals surface area contributed by atoms with Crippen LogP contribution in [0, 0.1) is 5.82 Å². The highest BCUT2D eigenvalue weighted by Crippen LogP contribution is 2.25. The second-order valence-corrected chi connectivity index (χ2v) is 3.96. The Hall–Kier alpha value is -1.62. The molecular weight excluding hydrogens is 221 g/mol. The van der Waals surface area contributed by atoms with Gasteiger partial charge in [0, 0.05) is 13.7 Å². The molecule has 5 heteroatoms. The van der Waals surface area contributed by atoms with E-state index in [1.54, 1.807) is 13.2 Å². The van der Waals surface area contributed by atoms with E-state index in [0.717, 1.165) is 5.56 Å². The monoisotopic (exact) mass is 237 g/mol. The van der Waals surface area contributed by atoms with Gasteiger partial charge in [-0.05, 0) is 17.7 Å². The second kappa shape index (κ2) is 5.14. The summed E-state index contributed by atoms with van der Waals surface area (Å²) in [5.41, 5.74) is 6.71. The van der Waals surface area contributed by atoms with Crippen LogP contribution in [0.25, 0.3) is 0 Å². The lowest BCUT2D eigenvalue weighted by atomic mass is 10.1. The molecule has 2 rings (SSSR count). The van der Waals surface area contributed by atoms with Crippen molar-refractivity contribution in [1.82, 2.24) is 4.90 Å². The van der Waals surface area contributed by atoms with Gasteiger partial charge in [0.25, 0.3) is 0 Å². The maximum Gasteiger partial charge on any atom is 0.192 e. The molecule has 1 atom stereocenters. The maximum absolute atomic E-state index is 13.2. The molecule has 4 nitrogen and oxygen atoms in total. The zero-order valence-corrected chi connectivity index (χ0v) is 9.77. The SMILES string of the molecule is COCCN1C(N)=NCC1c1cccc(F)c1. The van der Waals surface area contributed by atoms with E-state index in [9.17, 15) is 4.39 Å². The van der Waals surface area contributed by atoms with Gasteiger partial charge in [-0.15, -0.1) is 0 Å². The molecule has 0 fully saturated rings. The van der Waals surface area contributed by atoms with E-state index in [0.29, 0.717) is 25.7 Å². The molecule has 1 aromatic rings. The normalized spacial score (nSPS) is 19.5. The van der Waals surface area contributed by atoms with Crippen molar-refractivity contribution in [2.45, 2.75) is 6.04 Å². The number of hydrogen-bond acceptors (Lipinski definition) is 4. The van der Waals surface area contributed by atoms with Crippen LogP contribution >= 0.6 is 0 Å². The summed E-state index contributed by atoms with van der Waals surface area (Å²) in [5.74, 6) is 0.260. The minimum absolute atomic E-state index is 0.0147. The molecule has 0 radical (unpaired) electrons. The quantitative estimate of drug-likeness (QED) is 0.854. The highest BCUT2D eigenvalue weighted by Gasteiger charge is 2.27. The molecule has 0 bridgehead atoms. The minimum atomic E-state index is -0.236. The van der Waals surface area contributed by atoms with E-state index in [1.807, 2.05) is 11.0 Å². The fraction of sp³-hybridized carbons (Fsp3) is 0.417. The first-order chi connectivity index (χ1) is 8.22. The average Bonchev–Trinajstić information content (AvgIpc) is 2.68. The van der Waals surface area contributed by atoms with Crippen molar-refractivity contribution >= 4 is 5.96 Å². The van der Waals surface area contributed by atoms with Crippen molar-refractivity contribution in [2.24, 2.45) is 10.7 Å². The molecule has 1 heterocycles. The number of rotatable bonds is 4. The first kappa shape index (κ1) is 11.9. The highest BCUT2D eigenvalue weighted by molar-refractivity contribution is 5.80. The predicted molar refractivity (Wildman–Crippen MR) is 64.2 cm³/mol. The molecule has 1 aromatic carbocycles. The third kappa shape index (κ3) is 2.55. The number of aliphatic imine (C=N–C) groups is 1. The number of methoxy groups -OCH3 is 1. The third-order valence-corrected chi connectivity index (χ3v) is 2.87. The van der Waals surface area contributed by atoms with Gasteiger partial charge in [0.1, 0.15) is 5.82 Å². The summed E-state index contributed by atoms with van der Waals surface area (Å²) < 4.78 is 18.2. The summed E-state index contributed by atoms with van der Waals surface area (Å²) in [4.78, 5) is 6.14. The maximum atomic E-state index is 13.2. The van der Waals surface area contributed by atoms with Crippen LogP contribution in [0.3, 0.4) is 0 Å². The first-order valence-corrected chi connectivity index (χ1v) is 5.53. The lowest BCUT2D eigenvalue weighted by Gasteiger charge is -2.26. The van der Waals surface area contributed by atoms with Crippen LogP contribution in [-0.4, -0.2) is 37.7 Å². The summed E-state index contributed by atoms with van der Waals surface area (Å²) in [7, 11) is 1.64. The first-order valence-electron chi connectivity index (χ1n) is 5.53. The minimum Gasteiger partial charge on any atom is -0.383 e. The van der Waals surface area contributed by atoms with Crippen molar-refractivity contribution in [1.29, 1.82) is 0 Å². The van der Waals surface area contributed by atoms with E-state index in [-0.39, 0.29) is 11.9 Å². The summed E-state index contributed by atoms with van der Waals surface area (Å²) in [6.45, 7) is 1.80. The van der Waals surface area contributed by atoms with Gasteiger partial charge in [-0.2, -0.15) is 0 Å². The molecule has 0 saturated carbocycles. The van der Waals surface area contributed by atoms with Gasteiger partial charge >= 0.3 is 0 Å². The Morgan fingerprint density at radius 2 is 2.41 bits per heavy atom. The van der Waals surface area contributed by atoms with Crippen LogP contribution in [0.1, 0.15) is 11.6 Å². The number of nitrogens with zero attached hydrogens (tertiary/aromatic N) is 2. The van der Waals surface area contributed by atoms with Gasteiger partial charge < -0.3 is 15.4 Å². The largest absolute Gasteiger partial charge is 0.383 e. The molecule has 92 valence electrons. The smallest absolute Gasteiger partial charge is 0.192 e. The number of nitrogens with two attached hydrogens (primary N) is 1. The number of hydrogen-bond donors (Lipinski definition) is 1. The standard InChI is InChI=1S/C12H16FN3O/c1-17-6-5-16-11(8-15-12(16)14)9-3-2-4-10(13)7-9/h2-4,7,11H,5-6,8H2,1H3,(H2,14,15). The Labute approximate surface area is 99.9 Å². The van der Waals surface area contributed by atoms with Crippen molar-refractivity contribution in [2.75, 3.05) is 26.8 Å². The molecule has 0 aliphatic carbocycles. The van der Waals surface area contributed by atoms with E-state index in [4.69, 9.17) is 10.5 Å². The number of benzene rings is 1. The zero-order valence-electron chi connectivity index (χ0n) is 9.77. The highest BCUT2D eigenvalue weighted by atomic mass is 19.1. The Kier molecular flexibility index (Phi) is 3.58. The lowest BCUT2D eigenvalue weighted by Crippen LogP contribution is -2.38. The number of halogens is 1. The van der Waals surface area contributed by atoms with Crippen LogP contribution < -0.4 is 5.73 Å². The number of ether oxygens (including phenoxy) is 1. The lowest BCUT2D eigenvalue weighted by molar-refractivity contribution is 0.166. The topological polar surface area (TPSA) is 50.9 Å². The van der Waals surface area contributed by atoms with Crippen LogP contribution in [0.2, 0.25) is 0 Å². The van der Waals surface area contributed by atoms with E-state index in [2.05, 4.69) is 4.99 Å². The molecule has 1 aliphatic rings. The fourth-order valence-corrected chi connectivity index (χ4v) is 1.99. The van der Waals surface area contributed by atoms with Crippen LogP contribution in [0.15, 0.2) is 29.3 Å². The van der Waals surface area contributed by atoms with E-state index < -0.39 is 0 Å². The summed E-state index contributed by atoms with van der Waals surface area (Å²) >= 11 is 0. The Bertz CT molecular complexity index is 422. The van der Waals surface area contributed by atoms with Crippen molar-refractivity contribution in [3.05, 3.63) is 35.6 Å². The molecule has 0 amide bonds. The Morgan fingerprint density at radius 3 is 3.12 bits per heavy atom. The summed E-state index contributed by atoms with van der Waals surface area (Å²) in [6.07, 6.45) is 0. The molecule has 0 aromatic heterocycles. The molecule has 17 heavy (non-hydrogen) atoms. The van der Waals surface area contributed by atoms with E-state index in [1.165, 1.54) is 12.1 Å². The molecule has 0 spiro atoms. The van der Waals surface area contributed by atoms with Crippen molar-refractivity contribution in [3.63, 3.8) is 0 Å². The van der Waals surface area contributed by atoms with Gasteiger partial charge in [0.2, 0.25) is 0 Å². The van der Waals surface area contributed by atoms with Crippen molar-refractivity contribution < 1.29 is 9.13 Å². The molecule has 0 saturated heterocycles. The second-order valence-electron chi connectivity index (χ2n) is 3.96. The third-order valence-electron chi connectivity index (χ3n) is 2.87. The van der Waals surface area contributed by atoms with Gasteiger partial charge in [-0.1, -0.05) is 12.1 Å². The predicted octanol–water partition coefficient (Wildman–Crippen LogP) is 1.14. The van der Waals surface area contributed by atoms with Crippen LogP contribution in [0.5, 0.6) is 0 Å². The van der Waals surface area contributed by atoms with Gasteiger partial charge in [0.05, 0.1) is 19.2 Å². The molecule has 1 aliphatic heterocycles. The molecule has 2 N–H and O–H groups in total. The zero-order chi connectivity index (χ0) is 12.3. The molecule has 1 unspecified atom stereocenters. The van der Waals surface area contributed by atoms with Gasteiger partial charge in [0.15, 0.2) is 5.96 Å². The average molecular weight is 237 g/mol.